The maximum absolute atomic E-state index is 13.2. The Morgan fingerprint density at radius 2 is 1.57 bits per heavy atom. The average Bonchev–Trinajstić information content (AvgIpc) is 2.77. The van der Waals surface area contributed by atoms with Gasteiger partial charge in [-0.25, -0.2) is 0 Å². The lowest BCUT2D eigenvalue weighted by Crippen LogP contribution is -2.43. The summed E-state index contributed by atoms with van der Waals surface area (Å²) >= 11 is 0. The number of carbonyl (C=O) groups excluding carboxylic acids is 1. The topological polar surface area (TPSA) is 23.6 Å². The van der Waals surface area contributed by atoms with Gasteiger partial charge in [-0.1, -0.05) is 72.8 Å². The minimum absolute atomic E-state index is 0.220. The van der Waals surface area contributed by atoms with Crippen LogP contribution >= 0.6 is 0 Å². The van der Waals surface area contributed by atoms with Gasteiger partial charge in [0, 0.05) is 25.2 Å². The molecule has 1 heterocycles. The van der Waals surface area contributed by atoms with Crippen molar-refractivity contribution in [3.8, 4) is 11.1 Å². The van der Waals surface area contributed by atoms with Crippen molar-refractivity contribution in [1.82, 2.24) is 4.90 Å². The summed E-state index contributed by atoms with van der Waals surface area (Å²) in [6.45, 7) is 1.81. The fourth-order valence-corrected chi connectivity index (χ4v) is 4.43. The molecule has 3 aromatic rings. The first kappa shape index (κ1) is 20.4. The average molecular weight is 399 g/mol. The fourth-order valence-electron chi connectivity index (χ4n) is 4.43. The number of benzene rings is 3. The normalized spacial score (nSPS) is 15.8. The Morgan fingerprint density at radius 1 is 0.900 bits per heavy atom. The molecule has 1 aliphatic rings. The van der Waals surface area contributed by atoms with Crippen molar-refractivity contribution in [3.63, 3.8) is 0 Å². The second-order valence-electron chi connectivity index (χ2n) is 8.53. The molecule has 0 aromatic heterocycles. The van der Waals surface area contributed by atoms with E-state index in [1.165, 1.54) is 22.3 Å². The van der Waals surface area contributed by atoms with Crippen LogP contribution in [0.2, 0.25) is 0 Å². The van der Waals surface area contributed by atoms with Crippen LogP contribution in [0.1, 0.15) is 17.5 Å². The molecular weight excluding hydrogens is 368 g/mol. The summed E-state index contributed by atoms with van der Waals surface area (Å²) in [5.74, 6) is 0.696. The third-order valence-electron chi connectivity index (χ3n) is 5.84. The molecule has 0 fully saturated rings. The molecule has 1 atom stereocenters. The molecule has 4 rings (SSSR count). The van der Waals surface area contributed by atoms with E-state index >= 15 is 0 Å². The Bertz CT molecular complexity index is 979. The van der Waals surface area contributed by atoms with E-state index in [1.807, 2.05) is 17.0 Å². The van der Waals surface area contributed by atoms with Gasteiger partial charge in [0.2, 0.25) is 5.91 Å². The summed E-state index contributed by atoms with van der Waals surface area (Å²) in [6.07, 6.45) is 2.34. The molecule has 1 amide bonds. The standard InChI is InChI=1S/C27H30N2O/c1-28(2)19-22-18-25-10-6-7-11-26(25)29(20-22)27(30)17-14-21-12-15-24(16-13-21)23-8-4-3-5-9-23/h3-13,15-16,22H,14,17-20H2,1-2H3. The number of nitrogens with zero attached hydrogens (tertiary/aromatic N) is 2. The van der Waals surface area contributed by atoms with Crippen molar-refractivity contribution in [2.45, 2.75) is 19.3 Å². The number of carbonyl (C=O) groups is 1. The largest absolute Gasteiger partial charge is 0.312 e. The van der Waals surface area contributed by atoms with Gasteiger partial charge in [-0.3, -0.25) is 4.79 Å². The molecule has 0 spiro atoms. The Balaban J connectivity index is 1.43. The van der Waals surface area contributed by atoms with Gasteiger partial charge >= 0.3 is 0 Å². The zero-order chi connectivity index (χ0) is 20.9. The number of hydrogen-bond donors (Lipinski definition) is 0. The van der Waals surface area contributed by atoms with Gasteiger partial charge in [0.15, 0.2) is 0 Å². The van der Waals surface area contributed by atoms with Crippen LogP contribution < -0.4 is 4.90 Å². The molecule has 0 saturated carbocycles. The number of rotatable bonds is 6. The summed E-state index contributed by atoms with van der Waals surface area (Å²) in [5.41, 5.74) is 6.02. The third-order valence-corrected chi connectivity index (χ3v) is 5.84. The second-order valence-corrected chi connectivity index (χ2v) is 8.53. The highest BCUT2D eigenvalue weighted by Crippen LogP contribution is 2.30. The third kappa shape index (κ3) is 4.80. The summed E-state index contributed by atoms with van der Waals surface area (Å²) in [6, 6.07) is 27.4. The quantitative estimate of drug-likeness (QED) is 0.580. The molecule has 1 unspecified atom stereocenters. The van der Waals surface area contributed by atoms with Crippen molar-refractivity contribution in [3.05, 3.63) is 90.0 Å². The van der Waals surface area contributed by atoms with Gasteiger partial charge < -0.3 is 9.80 Å². The van der Waals surface area contributed by atoms with E-state index in [0.29, 0.717) is 12.3 Å². The zero-order valence-electron chi connectivity index (χ0n) is 17.9. The minimum atomic E-state index is 0.220. The SMILES string of the molecule is CN(C)CC1Cc2ccccc2N(C(=O)CCc2ccc(-c3ccccc3)cc2)C1. The monoisotopic (exact) mass is 398 g/mol. The highest BCUT2D eigenvalue weighted by molar-refractivity contribution is 5.94. The van der Waals surface area contributed by atoms with Gasteiger partial charge in [-0.05, 0) is 61.2 Å². The molecule has 0 aliphatic carbocycles. The van der Waals surface area contributed by atoms with Crippen LogP contribution in [-0.4, -0.2) is 38.0 Å². The van der Waals surface area contributed by atoms with Crippen LogP contribution in [-0.2, 0) is 17.6 Å². The van der Waals surface area contributed by atoms with E-state index in [1.54, 1.807) is 0 Å². The molecule has 0 radical (unpaired) electrons. The van der Waals surface area contributed by atoms with E-state index in [4.69, 9.17) is 0 Å². The number of amides is 1. The van der Waals surface area contributed by atoms with E-state index in [-0.39, 0.29) is 5.91 Å². The van der Waals surface area contributed by atoms with Crippen molar-refractivity contribution in [2.75, 3.05) is 32.1 Å². The molecule has 0 N–H and O–H groups in total. The van der Waals surface area contributed by atoms with E-state index in [9.17, 15) is 4.79 Å². The second kappa shape index (κ2) is 9.27. The number of anilines is 1. The lowest BCUT2D eigenvalue weighted by Gasteiger charge is -2.36. The Labute approximate surface area is 180 Å². The number of hydrogen-bond acceptors (Lipinski definition) is 2. The summed E-state index contributed by atoms with van der Waals surface area (Å²) in [5, 5.41) is 0. The first-order valence-electron chi connectivity index (χ1n) is 10.8. The van der Waals surface area contributed by atoms with E-state index in [0.717, 1.165) is 31.6 Å². The van der Waals surface area contributed by atoms with Crippen molar-refractivity contribution < 1.29 is 4.79 Å². The van der Waals surface area contributed by atoms with E-state index in [2.05, 4.69) is 85.7 Å². The maximum atomic E-state index is 13.2. The predicted octanol–water partition coefficient (Wildman–Crippen LogP) is 5.05. The molecule has 3 heteroatoms. The van der Waals surface area contributed by atoms with Crippen LogP contribution in [0.5, 0.6) is 0 Å². The minimum Gasteiger partial charge on any atom is -0.312 e. The Hall–Kier alpha value is -2.91. The highest BCUT2D eigenvalue weighted by atomic mass is 16.2. The van der Waals surface area contributed by atoms with Crippen LogP contribution in [0, 0.1) is 5.92 Å². The first-order chi connectivity index (χ1) is 14.6. The lowest BCUT2D eigenvalue weighted by atomic mass is 9.91. The number of fused-ring (bicyclic) bond motifs is 1. The predicted molar refractivity (Wildman–Crippen MR) is 125 cm³/mol. The van der Waals surface area contributed by atoms with Gasteiger partial charge in [0.25, 0.3) is 0 Å². The molecule has 3 nitrogen and oxygen atoms in total. The van der Waals surface area contributed by atoms with Crippen LogP contribution in [0.15, 0.2) is 78.9 Å². The van der Waals surface area contributed by atoms with Gasteiger partial charge in [-0.2, -0.15) is 0 Å². The summed E-state index contributed by atoms with van der Waals surface area (Å²) < 4.78 is 0. The molecule has 30 heavy (non-hydrogen) atoms. The van der Waals surface area contributed by atoms with Crippen molar-refractivity contribution in [1.29, 1.82) is 0 Å². The summed E-state index contributed by atoms with van der Waals surface area (Å²) in [7, 11) is 4.21. The Morgan fingerprint density at radius 3 is 2.30 bits per heavy atom. The molecule has 1 aliphatic heterocycles. The molecule has 0 saturated heterocycles. The first-order valence-corrected chi connectivity index (χ1v) is 10.8. The molecule has 154 valence electrons. The van der Waals surface area contributed by atoms with Crippen molar-refractivity contribution in [2.24, 2.45) is 5.92 Å². The van der Waals surface area contributed by atoms with Crippen LogP contribution in [0.25, 0.3) is 11.1 Å². The molecule has 3 aromatic carbocycles. The number of para-hydroxylation sites is 1. The molecular formula is C27H30N2O. The zero-order valence-corrected chi connectivity index (χ0v) is 17.9. The maximum Gasteiger partial charge on any atom is 0.227 e. The summed E-state index contributed by atoms with van der Waals surface area (Å²) in [4.78, 5) is 17.4. The Kier molecular flexibility index (Phi) is 6.29. The van der Waals surface area contributed by atoms with Crippen molar-refractivity contribution >= 4 is 11.6 Å². The van der Waals surface area contributed by atoms with Gasteiger partial charge in [0.1, 0.15) is 0 Å². The van der Waals surface area contributed by atoms with Crippen LogP contribution in [0.3, 0.4) is 0 Å². The highest BCUT2D eigenvalue weighted by Gasteiger charge is 2.28. The van der Waals surface area contributed by atoms with Gasteiger partial charge in [-0.15, -0.1) is 0 Å². The molecule has 0 bridgehead atoms. The smallest absolute Gasteiger partial charge is 0.227 e. The number of aryl methyl sites for hydroxylation is 1. The van der Waals surface area contributed by atoms with Gasteiger partial charge in [0.05, 0.1) is 0 Å². The lowest BCUT2D eigenvalue weighted by molar-refractivity contribution is -0.118. The fraction of sp³-hybridized carbons (Fsp3) is 0.296. The van der Waals surface area contributed by atoms with E-state index < -0.39 is 0 Å². The van der Waals surface area contributed by atoms with Crippen LogP contribution in [0.4, 0.5) is 5.69 Å².